The van der Waals surface area contributed by atoms with Crippen molar-refractivity contribution in [2.45, 2.75) is 307 Å². The number of ether oxygens (including phenoxy) is 6. The minimum absolute atomic E-state index is 0. The van der Waals surface area contributed by atoms with Gasteiger partial charge in [0.1, 0.15) is 16.8 Å². The van der Waals surface area contributed by atoms with Gasteiger partial charge in [0.2, 0.25) is 0 Å². The minimum atomic E-state index is -4.43. The van der Waals surface area contributed by atoms with Gasteiger partial charge in [0.25, 0.3) is 0 Å². The van der Waals surface area contributed by atoms with E-state index in [1.807, 2.05) is 68.4 Å². The van der Waals surface area contributed by atoms with Gasteiger partial charge in [-0.25, -0.2) is 14.4 Å². The van der Waals surface area contributed by atoms with Crippen LogP contribution in [0.4, 0.5) is 67.1 Å². The molecule has 4 aliphatic heterocycles. The maximum Gasteiger partial charge on any atom is 0.416 e. The van der Waals surface area contributed by atoms with Gasteiger partial charge in [-0.15, -0.1) is 12.4 Å². The summed E-state index contributed by atoms with van der Waals surface area (Å²) in [6.07, 6.45) is -1.89. The second-order valence-corrected chi connectivity index (χ2v) is 37.8. The minimum Gasteiger partial charge on any atom is -0.481 e. The van der Waals surface area contributed by atoms with Crippen molar-refractivity contribution < 1.29 is 120 Å². The van der Waals surface area contributed by atoms with Crippen molar-refractivity contribution >= 4 is 60.1 Å². The number of carboxylic acids is 1. The van der Waals surface area contributed by atoms with Gasteiger partial charge in [-0.2, -0.15) is 52.7 Å². The number of carboxylic acid groups (broad SMARTS) is 1. The molecule has 31 heteroatoms. The van der Waals surface area contributed by atoms with E-state index in [2.05, 4.69) is 5.32 Å². The third-order valence-corrected chi connectivity index (χ3v) is 25.5. The van der Waals surface area contributed by atoms with Crippen LogP contribution < -0.4 is 5.32 Å². The lowest BCUT2D eigenvalue weighted by Crippen LogP contribution is -2.41. The quantitative estimate of drug-likeness (QED) is 0.0682. The third kappa shape index (κ3) is 30.1. The highest BCUT2D eigenvalue weighted by Crippen LogP contribution is 2.49. The van der Waals surface area contributed by atoms with Gasteiger partial charge in [-0.3, -0.25) is 19.2 Å². The smallest absolute Gasteiger partial charge is 0.416 e. The van der Waals surface area contributed by atoms with Crippen molar-refractivity contribution in [2.24, 2.45) is 23.7 Å². The number of carbonyl (C=O) groups excluding carboxylic acids is 6. The summed E-state index contributed by atoms with van der Waals surface area (Å²) in [7, 11) is 1.39. The lowest BCUT2D eigenvalue weighted by molar-refractivity contribution is -0.149. The summed E-state index contributed by atoms with van der Waals surface area (Å²) in [6, 6.07) is 16.4. The van der Waals surface area contributed by atoms with Crippen molar-refractivity contribution in [3.63, 3.8) is 0 Å². The monoisotopic (exact) mass is 1820 g/mol. The average Bonchev–Trinajstić information content (AvgIpc) is 0.791. The normalized spacial score (nSPS) is 22.3. The number of methoxy groups -OCH3 is 1. The summed E-state index contributed by atoms with van der Waals surface area (Å²) in [6.45, 7) is 25.3. The number of halogens is 13. The molecule has 708 valence electrons. The Bertz CT molecular complexity index is 4340. The summed E-state index contributed by atoms with van der Waals surface area (Å²) in [5, 5.41) is 12.6. The number of piperidine rings is 4. The molecular weight excluding hydrogens is 1700 g/mol. The first kappa shape index (κ1) is 104. The maximum atomic E-state index is 13.5. The molecule has 127 heavy (non-hydrogen) atoms. The first-order valence-corrected chi connectivity index (χ1v) is 44.8. The number of amides is 3. The molecular formula is C96H129ClF12N4O14. The van der Waals surface area contributed by atoms with E-state index in [0.717, 1.165) is 89.9 Å². The van der Waals surface area contributed by atoms with Crippen molar-refractivity contribution in [1.82, 2.24) is 20.0 Å². The van der Waals surface area contributed by atoms with Gasteiger partial charge in [0, 0.05) is 39.3 Å². The number of rotatable bonds is 14. The van der Waals surface area contributed by atoms with E-state index in [-0.39, 0.29) is 102 Å². The van der Waals surface area contributed by atoms with Gasteiger partial charge in [-0.1, -0.05) is 30.3 Å². The molecule has 4 aliphatic carbocycles. The number of carbonyl (C=O) groups is 7. The van der Waals surface area contributed by atoms with Gasteiger partial charge in [0.15, 0.2) is 0 Å². The number of allylic oxidation sites excluding steroid dienone is 2. The van der Waals surface area contributed by atoms with E-state index < -0.39 is 75.6 Å². The molecule has 3 saturated carbocycles. The second-order valence-electron chi connectivity index (χ2n) is 37.8. The van der Waals surface area contributed by atoms with Crippen LogP contribution in [-0.4, -0.2) is 151 Å². The van der Waals surface area contributed by atoms with E-state index in [1.54, 1.807) is 52.8 Å². The summed E-state index contributed by atoms with van der Waals surface area (Å²) in [4.78, 5) is 89.3. The number of esters is 3. The number of aliphatic carboxylic acids is 1. The van der Waals surface area contributed by atoms with Gasteiger partial charge >= 0.3 is 66.9 Å². The van der Waals surface area contributed by atoms with Crippen LogP contribution in [0.15, 0.2) is 78.9 Å². The number of likely N-dealkylation sites (tertiary alicyclic amines) is 3. The molecule has 7 fully saturated rings. The predicted molar refractivity (Wildman–Crippen MR) is 460 cm³/mol. The molecule has 0 spiro atoms. The number of alkyl halides is 12. The molecule has 4 saturated heterocycles. The number of hydrogen-bond donors (Lipinski definition) is 2. The molecule has 4 aromatic rings. The molecule has 1 unspecified atom stereocenters. The Kier molecular flexibility index (Phi) is 36.9. The third-order valence-electron chi connectivity index (χ3n) is 25.5. The Morgan fingerprint density at radius 1 is 0.362 bits per heavy atom. The standard InChI is InChI=1S/C26H36F3NO4.C26H34F3NO4.C24H32F3NO4.C20H26F3NO2.ClH/c2*1-5-33-23(31)19-8-6-17(7-9-19)22-16-20(26(27,28)29)10-11-21(22)18-12-14-30(15-13-18)24(32)34-25(2,3)4;1-23(2,3)32-22(31)28-12-10-16(11-13-28)19-9-8-18(24(25,26)27)14-20(19)15-4-6-17(7-5-15)21(29)30;1-26-19(25)15-4-2-13(3-5-15)18-12-16(20(21,22)23)6-7-17(18)14-8-10-24-11-9-14;/h10-11,16-19H,5-9,12-15H2,1-4H3;6,10-11,16,18-19H,5,7-9,12-15H2,1-4H3;8-9,14-17H,4-7,10-13H2,1-3H3,(H,29,30);6-7,12-15,24H,2-5,8-11H2,1H3;1H. The van der Waals surface area contributed by atoms with Crippen molar-refractivity contribution in [3.8, 4) is 0 Å². The van der Waals surface area contributed by atoms with Crippen molar-refractivity contribution in [2.75, 3.05) is 72.7 Å². The molecule has 12 rings (SSSR count). The fourth-order valence-electron chi connectivity index (χ4n) is 18.9. The van der Waals surface area contributed by atoms with Gasteiger partial charge < -0.3 is 53.5 Å². The van der Waals surface area contributed by atoms with Crippen molar-refractivity contribution in [1.29, 1.82) is 0 Å². The zero-order valence-electron chi connectivity index (χ0n) is 75.2. The molecule has 0 radical (unpaired) electrons. The van der Waals surface area contributed by atoms with E-state index in [0.29, 0.717) is 192 Å². The van der Waals surface area contributed by atoms with Gasteiger partial charge in [-0.05, 0) is 377 Å². The first-order valence-electron chi connectivity index (χ1n) is 44.8. The van der Waals surface area contributed by atoms with Crippen LogP contribution in [0.1, 0.15) is 332 Å². The van der Waals surface area contributed by atoms with Crippen LogP contribution in [0.5, 0.6) is 0 Å². The number of nitrogens with one attached hydrogen (secondary N) is 1. The molecule has 3 amide bonds. The molecule has 0 aromatic heterocycles. The highest BCUT2D eigenvalue weighted by atomic mass is 35.5. The fraction of sp³-hybridized carbons (Fsp3) is 0.656. The maximum absolute atomic E-state index is 13.5. The highest BCUT2D eigenvalue weighted by molar-refractivity contribution is 5.85. The van der Waals surface area contributed by atoms with Crippen LogP contribution in [0.3, 0.4) is 0 Å². The van der Waals surface area contributed by atoms with Crippen LogP contribution >= 0.6 is 12.4 Å². The van der Waals surface area contributed by atoms with Gasteiger partial charge in [0.05, 0.1) is 66.2 Å². The fourth-order valence-corrected chi connectivity index (χ4v) is 18.9. The summed E-state index contributed by atoms with van der Waals surface area (Å²) < 4.78 is 192. The highest BCUT2D eigenvalue weighted by Gasteiger charge is 2.43. The van der Waals surface area contributed by atoms with Crippen LogP contribution in [-0.2, 0) is 72.3 Å². The molecule has 8 aliphatic rings. The van der Waals surface area contributed by atoms with Crippen LogP contribution in [0.25, 0.3) is 5.57 Å². The molecule has 0 bridgehead atoms. The topological polar surface area (TPSA) is 217 Å². The molecule has 1 atom stereocenters. The molecule has 4 heterocycles. The SMILES string of the molecule is CC(C)(C)OC(=O)N1CCC(c2ccc(C(F)(F)F)cc2C2CCC(C(=O)O)CC2)CC1.CCOC(=O)C1CC=C(c2cc(C(F)(F)F)ccc2C2CCN(C(=O)OC(C)(C)C)CC2)CC1.CCOC(=O)C1CCC(c2cc(C(F)(F)F)ccc2C2CCN(C(=O)OC(C)(C)C)CC2)CC1.COC(=O)C1CCC(c2cc(C(F)(F)F)ccc2C2CCNCC2)CC1.Cl. The Hall–Kier alpha value is -8.28. The average molecular weight is 1830 g/mol. The van der Waals surface area contributed by atoms with E-state index in [9.17, 15) is 91.4 Å². The first-order chi connectivity index (χ1) is 59.0. The largest absolute Gasteiger partial charge is 0.481 e. The van der Waals surface area contributed by atoms with Crippen LogP contribution in [0.2, 0.25) is 0 Å². The Morgan fingerprint density at radius 3 is 0.937 bits per heavy atom. The molecule has 2 N–H and O–H groups in total. The summed E-state index contributed by atoms with van der Waals surface area (Å²) >= 11 is 0. The molecule has 4 aromatic carbocycles. The van der Waals surface area contributed by atoms with E-state index >= 15 is 0 Å². The predicted octanol–water partition coefficient (Wildman–Crippen LogP) is 24.4. The van der Waals surface area contributed by atoms with Crippen molar-refractivity contribution in [3.05, 3.63) is 146 Å². The Labute approximate surface area is 745 Å². The van der Waals surface area contributed by atoms with Crippen LogP contribution in [0, 0.1) is 23.7 Å². The summed E-state index contributed by atoms with van der Waals surface area (Å²) in [5.74, 6) is -1.99. The zero-order chi connectivity index (χ0) is 92.6. The molecule has 18 nitrogen and oxygen atoms in total. The summed E-state index contributed by atoms with van der Waals surface area (Å²) in [5.41, 5.74) is 3.24. The zero-order valence-corrected chi connectivity index (χ0v) is 76.0. The number of benzene rings is 4. The number of hydrogen-bond acceptors (Lipinski definition) is 14. The second kappa shape index (κ2) is 45.0. The van der Waals surface area contributed by atoms with E-state index in [1.165, 1.54) is 43.5 Å². The Morgan fingerprint density at radius 2 is 0.646 bits per heavy atom. The lowest BCUT2D eigenvalue weighted by atomic mass is 9.74. The van der Waals surface area contributed by atoms with E-state index in [4.69, 9.17) is 28.4 Å². The lowest BCUT2D eigenvalue weighted by Gasteiger charge is -2.36. The number of nitrogens with zero attached hydrogens (tertiary/aromatic N) is 3. The Balaban J connectivity index is 0.000000210.